The molecule has 7 nitrogen and oxygen atoms in total. The average molecular weight is 359 g/mol. The van der Waals surface area contributed by atoms with Crippen LogP contribution in [0.3, 0.4) is 0 Å². The lowest BCUT2D eigenvalue weighted by Gasteiger charge is -2.32. The third kappa shape index (κ3) is 3.42. The number of amides is 1. The minimum atomic E-state index is -0.256. The van der Waals surface area contributed by atoms with Crippen molar-refractivity contribution in [2.75, 3.05) is 45.7 Å². The van der Waals surface area contributed by atoms with Gasteiger partial charge in [-0.2, -0.15) is 0 Å². The summed E-state index contributed by atoms with van der Waals surface area (Å²) in [6, 6.07) is 0. The van der Waals surface area contributed by atoms with E-state index in [1.165, 1.54) is 0 Å². The molecule has 4 rings (SSSR count). The van der Waals surface area contributed by atoms with Gasteiger partial charge in [0.05, 0.1) is 12.2 Å². The predicted octanol–water partition coefficient (Wildman–Crippen LogP) is 1.39. The third-order valence-electron chi connectivity index (χ3n) is 5.91. The van der Waals surface area contributed by atoms with Gasteiger partial charge in [0.1, 0.15) is 17.7 Å². The Kier molecular flexibility index (Phi) is 5.09. The van der Waals surface area contributed by atoms with Gasteiger partial charge in [0.15, 0.2) is 0 Å². The van der Waals surface area contributed by atoms with Gasteiger partial charge in [0, 0.05) is 38.1 Å². The number of piperidine rings is 1. The summed E-state index contributed by atoms with van der Waals surface area (Å²) >= 11 is 0. The number of hydrogen-bond acceptors (Lipinski definition) is 6. The molecule has 26 heavy (non-hydrogen) atoms. The third-order valence-corrected chi connectivity index (χ3v) is 5.91. The zero-order chi connectivity index (χ0) is 18.1. The van der Waals surface area contributed by atoms with Crippen molar-refractivity contribution in [1.29, 1.82) is 0 Å². The van der Waals surface area contributed by atoms with Crippen LogP contribution in [0.2, 0.25) is 0 Å². The Hall–Kier alpha value is -1.73. The fourth-order valence-electron chi connectivity index (χ4n) is 4.25. The van der Waals surface area contributed by atoms with Crippen LogP contribution in [-0.2, 0) is 22.5 Å². The Morgan fingerprint density at radius 1 is 1.19 bits per heavy atom. The van der Waals surface area contributed by atoms with Crippen molar-refractivity contribution in [1.82, 2.24) is 19.8 Å². The molecule has 0 radical (unpaired) electrons. The Morgan fingerprint density at radius 3 is 2.69 bits per heavy atom. The standard InChI is InChI=1S/C19H29N5O2/c1-20-18-14-12-24(19(25)16-4-3-11-26-16)10-7-15(14)21-17(22-18)13-5-8-23(2)9-6-13/h13,16H,3-12H2,1-2H3,(H,20,21,22)/t16-/m0/s1. The zero-order valence-electron chi connectivity index (χ0n) is 15.8. The molecule has 1 aromatic rings. The van der Waals surface area contributed by atoms with Gasteiger partial charge in [-0.05, 0) is 45.8 Å². The Balaban J connectivity index is 1.54. The normalized spacial score (nSPS) is 24.5. The molecule has 0 bridgehead atoms. The van der Waals surface area contributed by atoms with Gasteiger partial charge in [-0.25, -0.2) is 9.97 Å². The summed E-state index contributed by atoms with van der Waals surface area (Å²) in [5.74, 6) is 2.42. The van der Waals surface area contributed by atoms with E-state index in [1.807, 2.05) is 11.9 Å². The van der Waals surface area contributed by atoms with Crippen LogP contribution >= 0.6 is 0 Å². The van der Waals surface area contributed by atoms with Gasteiger partial charge in [-0.1, -0.05) is 0 Å². The molecule has 142 valence electrons. The number of likely N-dealkylation sites (tertiary alicyclic amines) is 1. The second-order valence-electron chi connectivity index (χ2n) is 7.69. The Bertz CT molecular complexity index is 649. The summed E-state index contributed by atoms with van der Waals surface area (Å²) < 4.78 is 5.58. The number of nitrogens with one attached hydrogen (secondary N) is 1. The molecule has 0 aromatic carbocycles. The molecule has 0 spiro atoms. The van der Waals surface area contributed by atoms with E-state index >= 15 is 0 Å². The Morgan fingerprint density at radius 2 is 2.00 bits per heavy atom. The van der Waals surface area contributed by atoms with Crippen molar-refractivity contribution in [2.45, 2.75) is 50.7 Å². The van der Waals surface area contributed by atoms with Crippen LogP contribution in [0.1, 0.15) is 48.7 Å². The van der Waals surface area contributed by atoms with Gasteiger partial charge in [0.2, 0.25) is 0 Å². The van der Waals surface area contributed by atoms with E-state index in [4.69, 9.17) is 14.7 Å². The van der Waals surface area contributed by atoms with E-state index in [2.05, 4.69) is 17.3 Å². The first kappa shape index (κ1) is 17.7. The molecule has 1 amide bonds. The number of carbonyl (C=O) groups is 1. The molecule has 1 aromatic heterocycles. The molecule has 0 saturated carbocycles. The number of nitrogens with zero attached hydrogens (tertiary/aromatic N) is 4. The molecular formula is C19H29N5O2. The maximum atomic E-state index is 12.7. The lowest BCUT2D eigenvalue weighted by molar-refractivity contribution is -0.141. The van der Waals surface area contributed by atoms with Crippen LogP contribution in [0, 0.1) is 0 Å². The average Bonchev–Trinajstić information content (AvgIpc) is 3.21. The number of rotatable bonds is 3. The first-order valence-electron chi connectivity index (χ1n) is 9.82. The molecular weight excluding hydrogens is 330 g/mol. The quantitative estimate of drug-likeness (QED) is 0.879. The highest BCUT2D eigenvalue weighted by Crippen LogP contribution is 2.30. The first-order valence-corrected chi connectivity index (χ1v) is 9.82. The molecule has 1 N–H and O–H groups in total. The smallest absolute Gasteiger partial charge is 0.252 e. The van der Waals surface area contributed by atoms with E-state index < -0.39 is 0 Å². The summed E-state index contributed by atoms with van der Waals surface area (Å²) in [5, 5.41) is 3.24. The fourth-order valence-corrected chi connectivity index (χ4v) is 4.25. The number of carbonyl (C=O) groups excluding carboxylic acids is 1. The molecule has 3 aliphatic heterocycles. The minimum absolute atomic E-state index is 0.120. The molecule has 1 atom stereocenters. The van der Waals surface area contributed by atoms with Crippen molar-refractivity contribution in [2.24, 2.45) is 0 Å². The van der Waals surface area contributed by atoms with Crippen molar-refractivity contribution >= 4 is 11.7 Å². The predicted molar refractivity (Wildman–Crippen MR) is 99.1 cm³/mol. The van der Waals surface area contributed by atoms with Gasteiger partial charge >= 0.3 is 0 Å². The van der Waals surface area contributed by atoms with Crippen LogP contribution in [0.4, 0.5) is 5.82 Å². The monoisotopic (exact) mass is 359 g/mol. The summed E-state index contributed by atoms with van der Waals surface area (Å²) in [5.41, 5.74) is 2.18. The number of hydrogen-bond donors (Lipinski definition) is 1. The zero-order valence-corrected chi connectivity index (χ0v) is 15.8. The highest BCUT2D eigenvalue weighted by Gasteiger charge is 2.32. The highest BCUT2D eigenvalue weighted by atomic mass is 16.5. The van der Waals surface area contributed by atoms with Crippen LogP contribution < -0.4 is 5.32 Å². The summed E-state index contributed by atoms with van der Waals surface area (Å²) in [7, 11) is 4.07. The number of aromatic nitrogens is 2. The van der Waals surface area contributed by atoms with Gasteiger partial charge in [0.25, 0.3) is 5.91 Å². The Labute approximate surface area is 155 Å². The largest absolute Gasteiger partial charge is 0.373 e. The van der Waals surface area contributed by atoms with Crippen molar-refractivity contribution in [3.8, 4) is 0 Å². The summed E-state index contributed by atoms with van der Waals surface area (Å²) in [6.45, 7) is 4.20. The highest BCUT2D eigenvalue weighted by molar-refractivity contribution is 5.81. The molecule has 7 heteroatoms. The van der Waals surface area contributed by atoms with E-state index in [-0.39, 0.29) is 12.0 Å². The second kappa shape index (κ2) is 7.48. The number of ether oxygens (including phenoxy) is 1. The van der Waals surface area contributed by atoms with E-state index in [1.54, 1.807) is 0 Å². The van der Waals surface area contributed by atoms with Crippen LogP contribution in [0.5, 0.6) is 0 Å². The molecule has 2 fully saturated rings. The van der Waals surface area contributed by atoms with Crippen LogP contribution in [0.25, 0.3) is 0 Å². The SMILES string of the molecule is CNc1nc(C2CCN(C)CC2)nc2c1CN(C(=O)[C@@H]1CCCO1)CC2. The molecule has 4 heterocycles. The lowest BCUT2D eigenvalue weighted by Crippen LogP contribution is -2.42. The maximum absolute atomic E-state index is 12.7. The van der Waals surface area contributed by atoms with Crippen LogP contribution in [-0.4, -0.2) is 72.1 Å². The summed E-state index contributed by atoms with van der Waals surface area (Å²) in [6.07, 6.45) is 4.58. The molecule has 3 aliphatic rings. The lowest BCUT2D eigenvalue weighted by atomic mass is 9.95. The molecule has 0 unspecified atom stereocenters. The minimum Gasteiger partial charge on any atom is -0.373 e. The van der Waals surface area contributed by atoms with E-state index in [0.717, 1.165) is 74.6 Å². The van der Waals surface area contributed by atoms with Crippen molar-refractivity contribution < 1.29 is 9.53 Å². The van der Waals surface area contributed by atoms with E-state index in [0.29, 0.717) is 19.1 Å². The number of fused-ring (bicyclic) bond motifs is 1. The summed E-state index contributed by atoms with van der Waals surface area (Å²) in [4.78, 5) is 26.7. The topological polar surface area (TPSA) is 70.6 Å². The second-order valence-corrected chi connectivity index (χ2v) is 7.69. The van der Waals surface area contributed by atoms with Gasteiger partial charge in [-0.15, -0.1) is 0 Å². The fraction of sp³-hybridized carbons (Fsp3) is 0.737. The molecule has 0 aliphatic carbocycles. The van der Waals surface area contributed by atoms with E-state index in [9.17, 15) is 4.79 Å². The van der Waals surface area contributed by atoms with Gasteiger partial charge in [-0.3, -0.25) is 4.79 Å². The van der Waals surface area contributed by atoms with Crippen LogP contribution in [0.15, 0.2) is 0 Å². The van der Waals surface area contributed by atoms with Crippen molar-refractivity contribution in [3.05, 3.63) is 17.1 Å². The van der Waals surface area contributed by atoms with Gasteiger partial charge < -0.3 is 19.9 Å². The molecule has 2 saturated heterocycles. The number of anilines is 1. The van der Waals surface area contributed by atoms with Crippen molar-refractivity contribution in [3.63, 3.8) is 0 Å². The maximum Gasteiger partial charge on any atom is 0.252 e. The first-order chi connectivity index (χ1) is 12.7.